The van der Waals surface area contributed by atoms with Gasteiger partial charge in [-0.15, -0.1) is 22.7 Å². The van der Waals surface area contributed by atoms with Gasteiger partial charge in [0.1, 0.15) is 5.82 Å². The van der Waals surface area contributed by atoms with E-state index < -0.39 is 0 Å². The summed E-state index contributed by atoms with van der Waals surface area (Å²) in [5.41, 5.74) is 4.27. The van der Waals surface area contributed by atoms with Crippen LogP contribution in [0.4, 0.5) is 0 Å². The van der Waals surface area contributed by atoms with E-state index in [9.17, 15) is 0 Å². The fourth-order valence-corrected chi connectivity index (χ4v) is 7.23. The maximum Gasteiger partial charge on any atom is 0.132 e. The molecule has 0 saturated heterocycles. The van der Waals surface area contributed by atoms with Gasteiger partial charge < -0.3 is 0 Å². The maximum absolute atomic E-state index is 5.05. The average molecular weight is 501 g/mol. The van der Waals surface area contributed by atoms with Crippen molar-refractivity contribution in [3.05, 3.63) is 96.8 Å². The smallest absolute Gasteiger partial charge is 0.132 e. The normalized spacial score (nSPS) is 12.7. The van der Waals surface area contributed by atoms with E-state index in [-0.39, 0.29) is 0 Å². The first-order chi connectivity index (χ1) is 17.7. The van der Waals surface area contributed by atoms with Gasteiger partial charge in [-0.1, -0.05) is 74.5 Å². The van der Waals surface area contributed by atoms with Gasteiger partial charge in [0, 0.05) is 57.4 Å². The Bertz CT molecular complexity index is 1780. The number of fused-ring (bicyclic) bond motifs is 6. The molecular formula is C32H24N2S2. The van der Waals surface area contributed by atoms with E-state index in [1.165, 1.54) is 40.3 Å². The van der Waals surface area contributed by atoms with Gasteiger partial charge in [0.2, 0.25) is 0 Å². The van der Waals surface area contributed by atoms with E-state index in [2.05, 4.69) is 105 Å². The summed E-state index contributed by atoms with van der Waals surface area (Å²) in [6.45, 7) is 4.42. The topological polar surface area (TPSA) is 25.8 Å². The first kappa shape index (κ1) is 21.7. The number of nitrogens with zero attached hydrogens (tertiary/aromatic N) is 2. The molecule has 0 aliphatic heterocycles. The van der Waals surface area contributed by atoms with E-state index in [0.29, 0.717) is 5.92 Å². The molecule has 1 atom stereocenters. The van der Waals surface area contributed by atoms with Crippen LogP contribution in [0.2, 0.25) is 0 Å². The van der Waals surface area contributed by atoms with E-state index in [0.717, 1.165) is 34.8 Å². The highest BCUT2D eigenvalue weighted by atomic mass is 32.1. The summed E-state index contributed by atoms with van der Waals surface area (Å²) in [7, 11) is 0. The van der Waals surface area contributed by atoms with Gasteiger partial charge in [-0.25, -0.2) is 9.97 Å². The minimum absolute atomic E-state index is 0.296. The van der Waals surface area contributed by atoms with Crippen LogP contribution in [0, 0.1) is 0 Å². The Kier molecular flexibility index (Phi) is 5.12. The van der Waals surface area contributed by atoms with Crippen LogP contribution in [0.3, 0.4) is 0 Å². The Labute approximate surface area is 217 Å². The van der Waals surface area contributed by atoms with E-state index in [4.69, 9.17) is 9.97 Å². The van der Waals surface area contributed by atoms with Gasteiger partial charge >= 0.3 is 0 Å². The Morgan fingerprint density at radius 3 is 1.56 bits per heavy atom. The van der Waals surface area contributed by atoms with Crippen molar-refractivity contribution < 1.29 is 0 Å². The largest absolute Gasteiger partial charge is 0.233 e. The molecule has 0 aliphatic carbocycles. The van der Waals surface area contributed by atoms with Crippen LogP contribution in [0.5, 0.6) is 0 Å². The van der Waals surface area contributed by atoms with Crippen LogP contribution >= 0.6 is 22.7 Å². The molecule has 7 rings (SSSR count). The lowest BCUT2D eigenvalue weighted by molar-refractivity contribution is 0.680. The van der Waals surface area contributed by atoms with Crippen LogP contribution in [-0.4, -0.2) is 9.97 Å². The maximum atomic E-state index is 5.05. The molecule has 0 fully saturated rings. The van der Waals surface area contributed by atoms with Gasteiger partial charge in [0.05, 0.1) is 11.4 Å². The molecule has 7 aromatic rings. The van der Waals surface area contributed by atoms with Gasteiger partial charge in [-0.3, -0.25) is 0 Å². The summed E-state index contributed by atoms with van der Waals surface area (Å²) < 4.78 is 5.24. The van der Waals surface area contributed by atoms with Gasteiger partial charge in [0.15, 0.2) is 0 Å². The molecule has 4 aromatic carbocycles. The monoisotopic (exact) mass is 500 g/mol. The summed E-state index contributed by atoms with van der Waals surface area (Å²) in [5.74, 6) is 1.21. The Morgan fingerprint density at radius 2 is 1.06 bits per heavy atom. The first-order valence-electron chi connectivity index (χ1n) is 12.4. The van der Waals surface area contributed by atoms with Crippen LogP contribution in [0.15, 0.2) is 91.0 Å². The number of thiophene rings is 2. The number of aromatic nitrogens is 2. The molecular weight excluding hydrogens is 477 g/mol. The molecule has 0 saturated carbocycles. The predicted molar refractivity (Wildman–Crippen MR) is 157 cm³/mol. The zero-order valence-electron chi connectivity index (χ0n) is 20.2. The summed E-state index contributed by atoms with van der Waals surface area (Å²) in [4.78, 5) is 10.1. The van der Waals surface area contributed by atoms with Crippen LogP contribution in [0.1, 0.15) is 32.0 Å². The van der Waals surface area contributed by atoms with Gasteiger partial charge in [-0.05, 0) is 36.8 Å². The molecule has 3 heterocycles. The van der Waals surface area contributed by atoms with Crippen molar-refractivity contribution in [3.63, 3.8) is 0 Å². The predicted octanol–water partition coefficient (Wildman–Crippen LogP) is 10.1. The summed E-state index contributed by atoms with van der Waals surface area (Å²) >= 11 is 3.69. The van der Waals surface area contributed by atoms with Crippen molar-refractivity contribution in [2.24, 2.45) is 0 Å². The SMILES string of the molecule is CCC(C)c1nc(-c2ccc3c(c2)sc2ccccc23)cc(-c2ccc3c(c2)sc2ccccc23)n1. The molecule has 4 heteroatoms. The van der Waals surface area contributed by atoms with Crippen molar-refractivity contribution in [1.29, 1.82) is 0 Å². The molecule has 0 spiro atoms. The van der Waals surface area contributed by atoms with Crippen LogP contribution in [-0.2, 0) is 0 Å². The third kappa shape index (κ3) is 3.52. The lowest BCUT2D eigenvalue weighted by Crippen LogP contribution is -2.03. The van der Waals surface area contributed by atoms with Crippen LogP contribution < -0.4 is 0 Å². The fraction of sp³-hybridized carbons (Fsp3) is 0.125. The molecule has 2 nitrogen and oxygen atoms in total. The standard InChI is InChI=1S/C32H24N2S2/c1-3-19(2)32-33-26(20-12-14-24-22-8-4-6-10-28(22)35-30(24)16-20)18-27(34-32)21-13-15-25-23-9-5-7-11-29(23)36-31(25)17-21/h4-19H,3H2,1-2H3. The second-order valence-corrected chi connectivity index (χ2v) is 11.6. The third-order valence-electron chi connectivity index (χ3n) is 7.15. The van der Waals surface area contributed by atoms with Gasteiger partial charge in [0.25, 0.3) is 0 Å². The lowest BCUT2D eigenvalue weighted by Gasteiger charge is -2.13. The molecule has 0 aliphatic rings. The number of benzene rings is 4. The number of hydrogen-bond donors (Lipinski definition) is 0. The molecule has 0 N–H and O–H groups in total. The third-order valence-corrected chi connectivity index (χ3v) is 9.41. The summed E-state index contributed by atoms with van der Waals surface area (Å²) in [6.07, 6.45) is 1.01. The average Bonchev–Trinajstić information content (AvgIpc) is 3.49. The second-order valence-electron chi connectivity index (χ2n) is 9.42. The van der Waals surface area contributed by atoms with Crippen molar-refractivity contribution in [2.45, 2.75) is 26.2 Å². The molecule has 3 aromatic heterocycles. The number of rotatable bonds is 4. The Hall–Kier alpha value is -3.60. The molecule has 0 bridgehead atoms. The first-order valence-corrected chi connectivity index (χ1v) is 14.0. The second kappa shape index (κ2) is 8.51. The zero-order chi connectivity index (χ0) is 24.2. The van der Waals surface area contributed by atoms with E-state index >= 15 is 0 Å². The molecule has 0 radical (unpaired) electrons. The molecule has 174 valence electrons. The van der Waals surface area contributed by atoms with Crippen molar-refractivity contribution in [1.82, 2.24) is 9.97 Å². The fourth-order valence-electron chi connectivity index (χ4n) is 4.94. The van der Waals surface area contributed by atoms with Crippen LogP contribution in [0.25, 0.3) is 62.9 Å². The van der Waals surface area contributed by atoms with Crippen molar-refractivity contribution in [3.8, 4) is 22.5 Å². The Balaban J connectivity index is 1.40. The highest BCUT2D eigenvalue weighted by Gasteiger charge is 2.15. The quantitative estimate of drug-likeness (QED) is 0.240. The van der Waals surface area contributed by atoms with Gasteiger partial charge in [-0.2, -0.15) is 0 Å². The summed E-state index contributed by atoms with van der Waals surface area (Å²) in [5, 5.41) is 5.27. The highest BCUT2D eigenvalue weighted by Crippen LogP contribution is 2.38. The Morgan fingerprint density at radius 1 is 0.583 bits per heavy atom. The molecule has 36 heavy (non-hydrogen) atoms. The van der Waals surface area contributed by atoms with Crippen molar-refractivity contribution in [2.75, 3.05) is 0 Å². The van der Waals surface area contributed by atoms with E-state index in [1.54, 1.807) is 0 Å². The minimum Gasteiger partial charge on any atom is -0.233 e. The van der Waals surface area contributed by atoms with E-state index in [1.807, 2.05) is 22.7 Å². The minimum atomic E-state index is 0.296. The van der Waals surface area contributed by atoms with Crippen molar-refractivity contribution >= 4 is 63.0 Å². The lowest BCUT2D eigenvalue weighted by atomic mass is 10.0. The highest BCUT2D eigenvalue weighted by molar-refractivity contribution is 7.26. The zero-order valence-corrected chi connectivity index (χ0v) is 21.8. The number of hydrogen-bond acceptors (Lipinski definition) is 4. The summed E-state index contributed by atoms with van der Waals surface area (Å²) in [6, 6.07) is 32.9. The molecule has 0 amide bonds. The molecule has 1 unspecified atom stereocenters.